The molecule has 0 radical (unpaired) electrons. The molecular formula is C14H20N2O2. The van der Waals surface area contributed by atoms with Crippen LogP contribution in [0.1, 0.15) is 31.6 Å². The van der Waals surface area contributed by atoms with Gasteiger partial charge in [0.25, 0.3) is 0 Å². The first-order valence-electron chi connectivity index (χ1n) is 6.49. The topological polar surface area (TPSA) is 45.5 Å². The number of nitrogens with zero attached hydrogens (tertiary/aromatic N) is 1. The molecule has 1 fully saturated rings. The first kappa shape index (κ1) is 12.9. The monoisotopic (exact) mass is 248 g/mol. The quantitative estimate of drug-likeness (QED) is 0.812. The molecule has 4 nitrogen and oxygen atoms in total. The van der Waals surface area contributed by atoms with Crippen molar-refractivity contribution in [2.45, 2.75) is 25.8 Å². The largest absolute Gasteiger partial charge is 0.468 e. The average molecular weight is 248 g/mol. The number of furan rings is 1. The lowest BCUT2D eigenvalue weighted by Crippen LogP contribution is -2.36. The highest BCUT2D eigenvalue weighted by atomic mass is 16.3. The van der Waals surface area contributed by atoms with Gasteiger partial charge in [-0.1, -0.05) is 6.08 Å². The Hall–Kier alpha value is -1.55. The maximum Gasteiger partial charge on any atom is 0.243 e. The number of nitrogens with one attached hydrogen (secondary N) is 1. The summed E-state index contributed by atoms with van der Waals surface area (Å²) in [4.78, 5) is 13.9. The Balaban J connectivity index is 1.99. The molecule has 1 unspecified atom stereocenters. The van der Waals surface area contributed by atoms with E-state index in [-0.39, 0.29) is 11.9 Å². The van der Waals surface area contributed by atoms with Crippen LogP contribution in [0.25, 0.3) is 0 Å². The number of carbonyl (C=O) groups is 1. The third-order valence-electron chi connectivity index (χ3n) is 3.24. The minimum atomic E-state index is -0.0479. The van der Waals surface area contributed by atoms with Crippen LogP contribution in [-0.4, -0.2) is 30.4 Å². The summed E-state index contributed by atoms with van der Waals surface area (Å²) in [7, 11) is 0. The molecule has 1 aromatic heterocycles. The first-order valence-corrected chi connectivity index (χ1v) is 6.49. The van der Waals surface area contributed by atoms with E-state index >= 15 is 0 Å². The van der Waals surface area contributed by atoms with Crippen LogP contribution < -0.4 is 5.32 Å². The molecule has 1 N–H and O–H groups in total. The highest BCUT2D eigenvalue weighted by Gasteiger charge is 2.25. The molecule has 0 spiro atoms. The van der Waals surface area contributed by atoms with Gasteiger partial charge in [-0.3, -0.25) is 9.69 Å². The van der Waals surface area contributed by atoms with Gasteiger partial charge in [-0.25, -0.2) is 0 Å². The highest BCUT2D eigenvalue weighted by Crippen LogP contribution is 2.24. The Kier molecular flexibility index (Phi) is 4.59. The Morgan fingerprint density at radius 3 is 2.94 bits per heavy atom. The molecule has 2 heterocycles. The Morgan fingerprint density at radius 1 is 1.56 bits per heavy atom. The van der Waals surface area contributed by atoms with E-state index in [1.807, 2.05) is 19.1 Å². The van der Waals surface area contributed by atoms with Gasteiger partial charge in [0.05, 0.1) is 12.3 Å². The lowest BCUT2D eigenvalue weighted by Gasteiger charge is -2.25. The van der Waals surface area contributed by atoms with Crippen LogP contribution in [0.2, 0.25) is 0 Å². The van der Waals surface area contributed by atoms with Crippen LogP contribution in [0.15, 0.2) is 35.0 Å². The molecule has 1 atom stereocenters. The summed E-state index contributed by atoms with van der Waals surface area (Å²) in [6, 6.07) is 4.02. The van der Waals surface area contributed by atoms with Crippen molar-refractivity contribution in [3.05, 3.63) is 36.3 Å². The van der Waals surface area contributed by atoms with Crippen molar-refractivity contribution in [3.8, 4) is 0 Å². The number of allylic oxidation sites excluding steroid dienone is 1. The van der Waals surface area contributed by atoms with Gasteiger partial charge in [0.2, 0.25) is 5.91 Å². The molecule has 4 heteroatoms. The Labute approximate surface area is 108 Å². The van der Waals surface area contributed by atoms with E-state index in [1.54, 1.807) is 18.4 Å². The molecule has 98 valence electrons. The lowest BCUT2D eigenvalue weighted by molar-refractivity contribution is -0.116. The first-order chi connectivity index (χ1) is 8.81. The van der Waals surface area contributed by atoms with E-state index in [2.05, 4.69) is 10.2 Å². The summed E-state index contributed by atoms with van der Waals surface area (Å²) in [5.41, 5.74) is 0. The van der Waals surface area contributed by atoms with Gasteiger partial charge >= 0.3 is 0 Å². The van der Waals surface area contributed by atoms with Crippen molar-refractivity contribution in [2.75, 3.05) is 19.6 Å². The van der Waals surface area contributed by atoms with Crippen LogP contribution in [-0.2, 0) is 4.79 Å². The van der Waals surface area contributed by atoms with E-state index in [9.17, 15) is 4.79 Å². The average Bonchev–Trinajstić information content (AvgIpc) is 3.02. The Bertz CT molecular complexity index is 392. The third kappa shape index (κ3) is 3.23. The fraction of sp³-hybridized carbons (Fsp3) is 0.500. The van der Waals surface area contributed by atoms with Crippen LogP contribution >= 0.6 is 0 Å². The summed E-state index contributed by atoms with van der Waals surface area (Å²) < 4.78 is 5.49. The van der Waals surface area contributed by atoms with Gasteiger partial charge in [-0.05, 0) is 51.1 Å². The Morgan fingerprint density at radius 2 is 2.33 bits per heavy atom. The van der Waals surface area contributed by atoms with Crippen LogP contribution in [0, 0.1) is 0 Å². The van der Waals surface area contributed by atoms with E-state index < -0.39 is 0 Å². The molecule has 1 saturated heterocycles. The number of hydrogen-bond donors (Lipinski definition) is 1. The third-order valence-corrected chi connectivity index (χ3v) is 3.24. The molecule has 1 aliphatic rings. The lowest BCUT2D eigenvalue weighted by atomic mass is 10.2. The van der Waals surface area contributed by atoms with Gasteiger partial charge in [0.15, 0.2) is 0 Å². The smallest absolute Gasteiger partial charge is 0.243 e. The number of likely N-dealkylation sites (tertiary alicyclic amines) is 1. The number of hydrogen-bond acceptors (Lipinski definition) is 3. The molecule has 1 amide bonds. The van der Waals surface area contributed by atoms with Gasteiger partial charge in [-0.2, -0.15) is 0 Å². The fourth-order valence-electron chi connectivity index (χ4n) is 2.35. The molecular weight excluding hydrogens is 228 g/mol. The van der Waals surface area contributed by atoms with Crippen molar-refractivity contribution in [1.82, 2.24) is 10.2 Å². The number of amides is 1. The molecule has 2 rings (SSSR count). The second-order valence-electron chi connectivity index (χ2n) is 4.52. The van der Waals surface area contributed by atoms with Gasteiger partial charge in [0, 0.05) is 6.54 Å². The summed E-state index contributed by atoms with van der Waals surface area (Å²) >= 11 is 0. The predicted octanol–water partition coefficient (Wildman–Crippen LogP) is 2.11. The summed E-state index contributed by atoms with van der Waals surface area (Å²) in [6.07, 6.45) is 7.42. The molecule has 0 bridgehead atoms. The SMILES string of the molecule is CC=CC(=O)NCC(c1ccco1)N1CCCC1. The molecule has 18 heavy (non-hydrogen) atoms. The zero-order chi connectivity index (χ0) is 12.8. The van der Waals surface area contributed by atoms with Crippen molar-refractivity contribution in [1.29, 1.82) is 0 Å². The minimum absolute atomic E-state index is 0.0479. The second-order valence-corrected chi connectivity index (χ2v) is 4.52. The van der Waals surface area contributed by atoms with Gasteiger partial charge < -0.3 is 9.73 Å². The second kappa shape index (κ2) is 6.40. The number of rotatable bonds is 5. The minimum Gasteiger partial charge on any atom is -0.468 e. The van der Waals surface area contributed by atoms with Crippen molar-refractivity contribution in [3.63, 3.8) is 0 Å². The summed E-state index contributed by atoms with van der Waals surface area (Å²) in [5, 5.41) is 2.92. The molecule has 0 aromatic carbocycles. The predicted molar refractivity (Wildman–Crippen MR) is 70.1 cm³/mol. The maximum atomic E-state index is 11.5. The molecule has 1 aliphatic heterocycles. The van der Waals surface area contributed by atoms with E-state index in [4.69, 9.17) is 4.42 Å². The number of carbonyl (C=O) groups excluding carboxylic acids is 1. The molecule has 1 aromatic rings. The molecule has 0 saturated carbocycles. The van der Waals surface area contributed by atoms with Crippen molar-refractivity contribution in [2.24, 2.45) is 0 Å². The van der Waals surface area contributed by atoms with E-state index in [1.165, 1.54) is 12.8 Å². The molecule has 0 aliphatic carbocycles. The van der Waals surface area contributed by atoms with Crippen molar-refractivity contribution >= 4 is 5.91 Å². The summed E-state index contributed by atoms with van der Waals surface area (Å²) in [6.45, 7) is 4.58. The highest BCUT2D eigenvalue weighted by molar-refractivity contribution is 5.87. The van der Waals surface area contributed by atoms with Gasteiger partial charge in [-0.15, -0.1) is 0 Å². The zero-order valence-corrected chi connectivity index (χ0v) is 10.8. The van der Waals surface area contributed by atoms with Crippen LogP contribution in [0.5, 0.6) is 0 Å². The van der Waals surface area contributed by atoms with Crippen molar-refractivity contribution < 1.29 is 9.21 Å². The standard InChI is InChI=1S/C14H20N2O2/c1-2-6-14(17)15-11-12(13-7-5-10-18-13)16-8-3-4-9-16/h2,5-7,10,12H,3-4,8-9,11H2,1H3,(H,15,17). The van der Waals surface area contributed by atoms with Crippen LogP contribution in [0.3, 0.4) is 0 Å². The van der Waals surface area contributed by atoms with E-state index in [0.717, 1.165) is 18.8 Å². The zero-order valence-electron chi connectivity index (χ0n) is 10.8. The van der Waals surface area contributed by atoms with E-state index in [0.29, 0.717) is 6.54 Å². The fourth-order valence-corrected chi connectivity index (χ4v) is 2.35. The van der Waals surface area contributed by atoms with Gasteiger partial charge in [0.1, 0.15) is 5.76 Å². The normalized spacial score (nSPS) is 18.3. The van der Waals surface area contributed by atoms with Crippen LogP contribution in [0.4, 0.5) is 0 Å². The maximum absolute atomic E-state index is 11.5. The summed E-state index contributed by atoms with van der Waals surface area (Å²) in [5.74, 6) is 0.880.